The number of carbonyl (C=O) groups excluding carboxylic acids is 1. The quantitative estimate of drug-likeness (QED) is 0.671. The van der Waals surface area contributed by atoms with Gasteiger partial charge in [-0.05, 0) is 38.0 Å². The smallest absolute Gasteiger partial charge is 0.261 e. The molecular formula is C21H27NO2S. The van der Waals surface area contributed by atoms with E-state index in [9.17, 15) is 4.79 Å². The Hall–Kier alpha value is -1.94. The molecule has 1 amide bonds. The predicted octanol–water partition coefficient (Wildman–Crippen LogP) is 4.51. The molecule has 0 aliphatic carbocycles. The van der Waals surface area contributed by atoms with Gasteiger partial charge in [-0.2, -0.15) is 11.8 Å². The van der Waals surface area contributed by atoms with Gasteiger partial charge in [0.1, 0.15) is 5.75 Å². The molecule has 2 aromatic carbocycles. The first kappa shape index (κ1) is 19.4. The fourth-order valence-corrected chi connectivity index (χ4v) is 3.16. The summed E-state index contributed by atoms with van der Waals surface area (Å²) in [6.07, 6.45) is 0.209. The van der Waals surface area contributed by atoms with Crippen molar-refractivity contribution in [3.63, 3.8) is 0 Å². The molecule has 25 heavy (non-hydrogen) atoms. The molecule has 134 valence electrons. The Bertz CT molecular complexity index is 653. The zero-order chi connectivity index (χ0) is 18.1. The number of benzene rings is 2. The lowest BCUT2D eigenvalue weighted by atomic mass is 10.2. The van der Waals surface area contributed by atoms with Crippen LogP contribution in [0.5, 0.6) is 5.75 Å². The standard InChI is InChI=1S/C21H27NO2S/c1-4-20(24-19-11-7-17(3)8-12-19)21(23)22-13-14-25-15-18-9-5-16(2)6-10-18/h5-12,20H,4,13-15H2,1-3H3,(H,22,23)/t20-/m0/s1. The maximum Gasteiger partial charge on any atom is 0.261 e. The van der Waals surface area contributed by atoms with Crippen LogP contribution < -0.4 is 10.1 Å². The Labute approximate surface area is 155 Å². The third kappa shape index (κ3) is 6.83. The van der Waals surface area contributed by atoms with Gasteiger partial charge in [0.05, 0.1) is 0 Å². The molecule has 0 bridgehead atoms. The first-order chi connectivity index (χ1) is 12.1. The summed E-state index contributed by atoms with van der Waals surface area (Å²) in [5, 5.41) is 2.98. The number of hydrogen-bond donors (Lipinski definition) is 1. The van der Waals surface area contributed by atoms with Crippen molar-refractivity contribution in [2.24, 2.45) is 0 Å². The summed E-state index contributed by atoms with van der Waals surface area (Å²) in [6, 6.07) is 16.4. The van der Waals surface area contributed by atoms with Crippen LogP contribution in [0.3, 0.4) is 0 Å². The van der Waals surface area contributed by atoms with Crippen LogP contribution >= 0.6 is 11.8 Å². The van der Waals surface area contributed by atoms with Gasteiger partial charge in [-0.3, -0.25) is 4.79 Å². The minimum Gasteiger partial charge on any atom is -0.481 e. The van der Waals surface area contributed by atoms with E-state index in [0.717, 1.165) is 17.3 Å². The van der Waals surface area contributed by atoms with E-state index in [1.165, 1.54) is 16.7 Å². The molecule has 0 saturated heterocycles. The van der Waals surface area contributed by atoms with E-state index in [1.54, 1.807) is 0 Å². The van der Waals surface area contributed by atoms with Gasteiger partial charge in [-0.1, -0.05) is 54.4 Å². The van der Waals surface area contributed by atoms with Gasteiger partial charge in [0.2, 0.25) is 0 Å². The summed E-state index contributed by atoms with van der Waals surface area (Å²) in [5.74, 6) is 2.55. The molecule has 0 unspecified atom stereocenters. The van der Waals surface area contributed by atoms with Gasteiger partial charge in [0.15, 0.2) is 6.10 Å². The number of aryl methyl sites for hydroxylation is 2. The lowest BCUT2D eigenvalue weighted by Crippen LogP contribution is -2.39. The summed E-state index contributed by atoms with van der Waals surface area (Å²) in [4.78, 5) is 12.3. The van der Waals surface area contributed by atoms with Crippen LogP contribution in [-0.2, 0) is 10.5 Å². The van der Waals surface area contributed by atoms with Gasteiger partial charge < -0.3 is 10.1 Å². The van der Waals surface area contributed by atoms with E-state index in [4.69, 9.17) is 4.74 Å². The fourth-order valence-electron chi connectivity index (χ4n) is 2.34. The molecule has 0 heterocycles. The van der Waals surface area contributed by atoms with E-state index in [-0.39, 0.29) is 5.91 Å². The minimum atomic E-state index is -0.440. The van der Waals surface area contributed by atoms with Crippen molar-refractivity contribution in [2.45, 2.75) is 39.0 Å². The van der Waals surface area contributed by atoms with Crippen LogP contribution in [0.1, 0.15) is 30.0 Å². The average molecular weight is 358 g/mol. The van der Waals surface area contributed by atoms with Crippen molar-refractivity contribution in [2.75, 3.05) is 12.3 Å². The van der Waals surface area contributed by atoms with Crippen molar-refractivity contribution >= 4 is 17.7 Å². The molecule has 0 fully saturated rings. The molecule has 2 aromatic rings. The van der Waals surface area contributed by atoms with E-state index in [1.807, 2.05) is 49.9 Å². The van der Waals surface area contributed by atoms with Crippen LogP contribution in [0, 0.1) is 13.8 Å². The highest BCUT2D eigenvalue weighted by Gasteiger charge is 2.17. The van der Waals surface area contributed by atoms with E-state index in [2.05, 4.69) is 36.5 Å². The first-order valence-electron chi connectivity index (χ1n) is 8.73. The fraction of sp³-hybridized carbons (Fsp3) is 0.381. The Morgan fingerprint density at radius 2 is 1.64 bits per heavy atom. The molecule has 0 radical (unpaired) electrons. The molecule has 2 rings (SSSR count). The van der Waals surface area contributed by atoms with Gasteiger partial charge in [0, 0.05) is 18.1 Å². The molecular weight excluding hydrogens is 330 g/mol. The van der Waals surface area contributed by atoms with Crippen molar-refractivity contribution in [3.8, 4) is 5.75 Å². The highest BCUT2D eigenvalue weighted by molar-refractivity contribution is 7.98. The zero-order valence-corrected chi connectivity index (χ0v) is 16.1. The third-order valence-corrected chi connectivity index (χ3v) is 4.93. The maximum absolute atomic E-state index is 12.3. The topological polar surface area (TPSA) is 38.3 Å². The SMILES string of the molecule is CC[C@H](Oc1ccc(C)cc1)C(=O)NCCSCc1ccc(C)cc1. The van der Waals surface area contributed by atoms with Gasteiger partial charge in [-0.25, -0.2) is 0 Å². The number of thioether (sulfide) groups is 1. The number of nitrogens with one attached hydrogen (secondary N) is 1. The second-order valence-electron chi connectivity index (χ2n) is 6.16. The van der Waals surface area contributed by atoms with Gasteiger partial charge in [0.25, 0.3) is 5.91 Å². The Morgan fingerprint density at radius 1 is 1.04 bits per heavy atom. The number of rotatable bonds is 9. The van der Waals surface area contributed by atoms with Crippen LogP contribution in [0.15, 0.2) is 48.5 Å². The molecule has 1 atom stereocenters. The summed E-state index contributed by atoms with van der Waals surface area (Å²) in [5.41, 5.74) is 3.77. The van der Waals surface area contributed by atoms with Crippen LogP contribution in [0.2, 0.25) is 0 Å². The molecule has 0 aliphatic heterocycles. The number of ether oxygens (including phenoxy) is 1. The van der Waals surface area contributed by atoms with E-state index in [0.29, 0.717) is 13.0 Å². The third-order valence-electron chi connectivity index (χ3n) is 3.90. The summed E-state index contributed by atoms with van der Waals surface area (Å²) >= 11 is 1.82. The second-order valence-corrected chi connectivity index (χ2v) is 7.26. The van der Waals surface area contributed by atoms with E-state index < -0.39 is 6.10 Å². The lowest BCUT2D eigenvalue weighted by Gasteiger charge is -2.17. The van der Waals surface area contributed by atoms with Crippen LogP contribution in [0.4, 0.5) is 0 Å². The lowest BCUT2D eigenvalue weighted by molar-refractivity contribution is -0.127. The summed E-state index contributed by atoms with van der Waals surface area (Å²) < 4.78 is 5.80. The normalized spacial score (nSPS) is 11.8. The van der Waals surface area contributed by atoms with Gasteiger partial charge in [-0.15, -0.1) is 0 Å². The molecule has 0 aliphatic rings. The van der Waals surface area contributed by atoms with Crippen molar-refractivity contribution in [1.29, 1.82) is 0 Å². The second kappa shape index (κ2) is 10.1. The molecule has 1 N–H and O–H groups in total. The zero-order valence-electron chi connectivity index (χ0n) is 15.2. The Kier molecular flexibility index (Phi) is 7.86. The molecule has 3 nitrogen and oxygen atoms in total. The highest BCUT2D eigenvalue weighted by atomic mass is 32.2. The minimum absolute atomic E-state index is 0.0426. The molecule has 4 heteroatoms. The van der Waals surface area contributed by atoms with Crippen molar-refractivity contribution in [1.82, 2.24) is 5.32 Å². The molecule has 0 spiro atoms. The number of amides is 1. The Morgan fingerprint density at radius 3 is 2.24 bits per heavy atom. The summed E-state index contributed by atoms with van der Waals surface area (Å²) in [7, 11) is 0. The first-order valence-corrected chi connectivity index (χ1v) is 9.88. The highest BCUT2D eigenvalue weighted by Crippen LogP contribution is 2.15. The Balaban J connectivity index is 1.68. The number of carbonyl (C=O) groups is 1. The summed E-state index contributed by atoms with van der Waals surface area (Å²) in [6.45, 7) is 6.74. The maximum atomic E-state index is 12.3. The number of hydrogen-bond acceptors (Lipinski definition) is 3. The average Bonchev–Trinajstić information content (AvgIpc) is 2.62. The predicted molar refractivity (Wildman–Crippen MR) is 106 cm³/mol. The van der Waals surface area contributed by atoms with Crippen molar-refractivity contribution < 1.29 is 9.53 Å². The van der Waals surface area contributed by atoms with Crippen LogP contribution in [-0.4, -0.2) is 24.3 Å². The van der Waals surface area contributed by atoms with E-state index >= 15 is 0 Å². The largest absolute Gasteiger partial charge is 0.481 e. The van der Waals surface area contributed by atoms with Crippen LogP contribution in [0.25, 0.3) is 0 Å². The van der Waals surface area contributed by atoms with Crippen molar-refractivity contribution in [3.05, 3.63) is 65.2 Å². The monoisotopic (exact) mass is 357 g/mol. The van der Waals surface area contributed by atoms with Gasteiger partial charge >= 0.3 is 0 Å². The molecule has 0 aromatic heterocycles. The molecule has 0 saturated carbocycles.